The first-order chi connectivity index (χ1) is 14.2. The van der Waals surface area contributed by atoms with Crippen LogP contribution in [-0.2, 0) is 4.79 Å². The normalized spacial score (nSPS) is 18.2. The Bertz CT molecular complexity index is 931. The highest BCUT2D eigenvalue weighted by Crippen LogP contribution is 2.31. The maximum absolute atomic E-state index is 12.4. The zero-order chi connectivity index (χ0) is 20.2. The first kappa shape index (κ1) is 19.4. The number of rotatable bonds is 4. The number of thioether (sulfide) groups is 1. The summed E-state index contributed by atoms with van der Waals surface area (Å²) in [6.45, 7) is 3.44. The molecule has 7 heteroatoms. The third kappa shape index (κ3) is 4.40. The lowest BCUT2D eigenvalue weighted by molar-refractivity contribution is -0.113. The maximum Gasteiger partial charge on any atom is 0.286 e. The second-order valence-corrected chi connectivity index (χ2v) is 7.76. The molecule has 1 amide bonds. The largest absolute Gasteiger partial charge is 0.497 e. The molecule has 0 N–H and O–H groups in total. The average Bonchev–Trinajstić information content (AvgIpc) is 3.14. The van der Waals surface area contributed by atoms with Gasteiger partial charge in [0.15, 0.2) is 5.17 Å². The third-order valence-corrected chi connectivity index (χ3v) is 6.05. The quantitative estimate of drug-likeness (QED) is 0.721. The minimum atomic E-state index is -0.168. The SMILES string of the molecule is COc1ccc(/C=C2\SC(N3CCN(c4ccc(OC)cc4)CC3)=NC2=O)cc1. The van der Waals surface area contributed by atoms with E-state index in [4.69, 9.17) is 9.47 Å². The Hall–Kier alpha value is -2.93. The van der Waals surface area contributed by atoms with E-state index in [9.17, 15) is 4.79 Å². The maximum atomic E-state index is 12.4. The first-order valence-electron chi connectivity index (χ1n) is 9.47. The van der Waals surface area contributed by atoms with E-state index in [1.165, 1.54) is 17.4 Å². The number of amidine groups is 1. The third-order valence-electron chi connectivity index (χ3n) is 5.01. The lowest BCUT2D eigenvalue weighted by Crippen LogP contribution is -2.47. The molecule has 0 saturated carbocycles. The Morgan fingerprint density at radius 1 is 0.862 bits per heavy atom. The van der Waals surface area contributed by atoms with Crippen LogP contribution >= 0.6 is 11.8 Å². The molecule has 0 aliphatic carbocycles. The number of piperazine rings is 1. The minimum absolute atomic E-state index is 0.168. The van der Waals surface area contributed by atoms with Gasteiger partial charge in [0.2, 0.25) is 0 Å². The van der Waals surface area contributed by atoms with Crippen molar-refractivity contribution >= 4 is 34.6 Å². The van der Waals surface area contributed by atoms with E-state index in [0.29, 0.717) is 4.91 Å². The first-order valence-corrected chi connectivity index (χ1v) is 10.3. The fourth-order valence-electron chi connectivity index (χ4n) is 3.33. The molecule has 0 unspecified atom stereocenters. The van der Waals surface area contributed by atoms with E-state index in [2.05, 4.69) is 26.9 Å². The second-order valence-electron chi connectivity index (χ2n) is 6.76. The van der Waals surface area contributed by atoms with Gasteiger partial charge in [-0.2, -0.15) is 4.99 Å². The monoisotopic (exact) mass is 409 g/mol. The fraction of sp³-hybridized carbons (Fsp3) is 0.273. The molecule has 2 heterocycles. The number of benzene rings is 2. The number of nitrogens with zero attached hydrogens (tertiary/aromatic N) is 3. The van der Waals surface area contributed by atoms with E-state index in [-0.39, 0.29) is 5.91 Å². The van der Waals surface area contributed by atoms with Gasteiger partial charge in [0, 0.05) is 31.9 Å². The summed E-state index contributed by atoms with van der Waals surface area (Å²) in [5, 5.41) is 0.796. The number of aliphatic imine (C=N–C) groups is 1. The van der Waals surface area contributed by atoms with Crippen LogP contribution in [0.5, 0.6) is 11.5 Å². The summed E-state index contributed by atoms with van der Waals surface area (Å²) < 4.78 is 10.4. The van der Waals surface area contributed by atoms with E-state index in [1.807, 2.05) is 42.5 Å². The Kier molecular flexibility index (Phi) is 5.76. The van der Waals surface area contributed by atoms with Crippen molar-refractivity contribution in [3.05, 3.63) is 59.0 Å². The number of methoxy groups -OCH3 is 2. The van der Waals surface area contributed by atoms with Crippen LogP contribution in [-0.4, -0.2) is 56.4 Å². The van der Waals surface area contributed by atoms with Crippen LogP contribution in [0.15, 0.2) is 58.4 Å². The van der Waals surface area contributed by atoms with E-state index < -0.39 is 0 Å². The Labute approximate surface area is 174 Å². The van der Waals surface area contributed by atoms with Crippen molar-refractivity contribution in [3.8, 4) is 11.5 Å². The number of hydrogen-bond acceptors (Lipinski definition) is 6. The van der Waals surface area contributed by atoms with Gasteiger partial charge in [-0.1, -0.05) is 12.1 Å². The van der Waals surface area contributed by atoms with Crippen molar-refractivity contribution in [2.45, 2.75) is 0 Å². The summed E-state index contributed by atoms with van der Waals surface area (Å²) in [4.78, 5) is 21.8. The van der Waals surface area contributed by atoms with E-state index in [1.54, 1.807) is 14.2 Å². The number of ether oxygens (including phenoxy) is 2. The van der Waals surface area contributed by atoms with Crippen LogP contribution in [0, 0.1) is 0 Å². The highest BCUT2D eigenvalue weighted by atomic mass is 32.2. The van der Waals surface area contributed by atoms with Gasteiger partial charge in [-0.05, 0) is 59.8 Å². The summed E-state index contributed by atoms with van der Waals surface area (Å²) in [6, 6.07) is 15.8. The highest BCUT2D eigenvalue weighted by Gasteiger charge is 2.28. The predicted molar refractivity (Wildman–Crippen MR) is 118 cm³/mol. The topological polar surface area (TPSA) is 54.4 Å². The number of carbonyl (C=O) groups excluding carboxylic acids is 1. The molecular weight excluding hydrogens is 386 g/mol. The fourth-order valence-corrected chi connectivity index (χ4v) is 4.30. The summed E-state index contributed by atoms with van der Waals surface area (Å²) in [5.74, 6) is 1.49. The Balaban J connectivity index is 1.37. The van der Waals surface area contributed by atoms with Crippen LogP contribution in [0.3, 0.4) is 0 Å². The Morgan fingerprint density at radius 3 is 2.00 bits per heavy atom. The van der Waals surface area contributed by atoms with Crippen molar-refractivity contribution in [2.24, 2.45) is 4.99 Å². The molecule has 29 heavy (non-hydrogen) atoms. The van der Waals surface area contributed by atoms with Gasteiger partial charge >= 0.3 is 0 Å². The van der Waals surface area contributed by atoms with E-state index >= 15 is 0 Å². The van der Waals surface area contributed by atoms with Gasteiger partial charge in [0.25, 0.3) is 5.91 Å². The molecule has 0 spiro atoms. The van der Waals surface area contributed by atoms with Crippen LogP contribution in [0.4, 0.5) is 5.69 Å². The molecule has 1 fully saturated rings. The molecule has 2 aromatic rings. The summed E-state index contributed by atoms with van der Waals surface area (Å²) in [5.41, 5.74) is 2.14. The molecule has 0 atom stereocenters. The zero-order valence-corrected chi connectivity index (χ0v) is 17.3. The van der Waals surface area contributed by atoms with Crippen LogP contribution in [0.1, 0.15) is 5.56 Å². The van der Waals surface area contributed by atoms with Gasteiger partial charge in [0.05, 0.1) is 19.1 Å². The standard InChI is InChI=1S/C22H23N3O3S/c1-27-18-7-3-16(4-8-18)15-20-21(26)23-22(29-20)25-13-11-24(12-14-25)17-5-9-19(28-2)10-6-17/h3-10,15H,11-14H2,1-2H3/b20-15-. The predicted octanol–water partition coefficient (Wildman–Crippen LogP) is 3.50. The van der Waals surface area contributed by atoms with Gasteiger partial charge in [-0.3, -0.25) is 4.79 Å². The molecule has 2 aromatic carbocycles. The van der Waals surface area contributed by atoms with Gasteiger partial charge < -0.3 is 19.3 Å². The van der Waals surface area contributed by atoms with Crippen molar-refractivity contribution in [3.63, 3.8) is 0 Å². The molecule has 1 saturated heterocycles. The summed E-state index contributed by atoms with van der Waals surface area (Å²) >= 11 is 1.45. The van der Waals surface area contributed by atoms with Crippen molar-refractivity contribution < 1.29 is 14.3 Å². The average molecular weight is 410 g/mol. The molecule has 4 rings (SSSR count). The molecule has 0 aromatic heterocycles. The highest BCUT2D eigenvalue weighted by molar-refractivity contribution is 8.18. The van der Waals surface area contributed by atoms with Gasteiger partial charge in [-0.25, -0.2) is 0 Å². The van der Waals surface area contributed by atoms with Gasteiger partial charge in [0.1, 0.15) is 11.5 Å². The summed E-state index contributed by atoms with van der Waals surface area (Å²) in [6.07, 6.45) is 1.89. The number of hydrogen-bond donors (Lipinski definition) is 0. The van der Waals surface area contributed by atoms with E-state index in [0.717, 1.165) is 48.4 Å². The number of carbonyl (C=O) groups is 1. The van der Waals surface area contributed by atoms with Crippen LogP contribution < -0.4 is 14.4 Å². The smallest absolute Gasteiger partial charge is 0.286 e. The Morgan fingerprint density at radius 2 is 1.41 bits per heavy atom. The van der Waals surface area contributed by atoms with Crippen LogP contribution in [0.2, 0.25) is 0 Å². The van der Waals surface area contributed by atoms with Gasteiger partial charge in [-0.15, -0.1) is 0 Å². The van der Waals surface area contributed by atoms with Crippen molar-refractivity contribution in [1.29, 1.82) is 0 Å². The van der Waals surface area contributed by atoms with Crippen molar-refractivity contribution in [2.75, 3.05) is 45.3 Å². The lowest BCUT2D eigenvalue weighted by Gasteiger charge is -2.36. The zero-order valence-electron chi connectivity index (χ0n) is 16.5. The van der Waals surface area contributed by atoms with Crippen molar-refractivity contribution in [1.82, 2.24) is 4.90 Å². The molecule has 2 aliphatic rings. The number of amides is 1. The molecule has 0 bridgehead atoms. The lowest BCUT2D eigenvalue weighted by atomic mass is 10.2. The minimum Gasteiger partial charge on any atom is -0.497 e. The molecule has 6 nitrogen and oxygen atoms in total. The second kappa shape index (κ2) is 8.61. The molecular formula is C22H23N3O3S. The molecule has 150 valence electrons. The molecule has 2 aliphatic heterocycles. The number of anilines is 1. The molecule has 0 radical (unpaired) electrons. The summed E-state index contributed by atoms with van der Waals surface area (Å²) in [7, 11) is 3.31. The van der Waals surface area contributed by atoms with Crippen LogP contribution in [0.25, 0.3) is 6.08 Å².